The highest BCUT2D eigenvalue weighted by Gasteiger charge is 2.15. The normalized spacial score (nSPS) is 19.4. The van der Waals surface area contributed by atoms with E-state index in [1.807, 2.05) is 0 Å². The molecule has 0 aromatic heterocycles. The summed E-state index contributed by atoms with van der Waals surface area (Å²) in [5.41, 5.74) is 0. The van der Waals surface area contributed by atoms with Crippen LogP contribution in [0.1, 0.15) is 12.8 Å². The van der Waals surface area contributed by atoms with Crippen LogP contribution in [0.5, 0.6) is 0 Å². The Labute approximate surface area is 85.7 Å². The summed E-state index contributed by atoms with van der Waals surface area (Å²) in [7, 11) is 0. The number of piperazine rings is 1. The lowest BCUT2D eigenvalue weighted by molar-refractivity contribution is 0.133. The van der Waals surface area contributed by atoms with Gasteiger partial charge in [-0.25, -0.2) is 5.11 Å². The molecule has 1 aliphatic heterocycles. The lowest BCUT2D eigenvalue weighted by Crippen LogP contribution is -2.46. The van der Waals surface area contributed by atoms with Crippen LogP contribution < -0.4 is 0 Å². The maximum atomic E-state index is 10.2. The Hall–Kier alpha value is -0.630. The van der Waals surface area contributed by atoms with Crippen LogP contribution in [0.4, 0.5) is 0 Å². The summed E-state index contributed by atoms with van der Waals surface area (Å²) < 4.78 is 0. The average molecular weight is 196 g/mol. The van der Waals surface area contributed by atoms with Crippen LogP contribution in [0, 0.1) is 11.3 Å². The van der Waals surface area contributed by atoms with Gasteiger partial charge in [-0.15, -0.1) is 0 Å². The fourth-order valence-electron chi connectivity index (χ4n) is 1.71. The van der Waals surface area contributed by atoms with Crippen LogP contribution in [0.2, 0.25) is 0 Å². The molecule has 0 bridgehead atoms. The Balaban J connectivity index is 2.07. The zero-order valence-electron chi connectivity index (χ0n) is 8.61. The highest BCUT2D eigenvalue weighted by Crippen LogP contribution is 2.02. The first-order valence-corrected chi connectivity index (χ1v) is 5.26. The number of rotatable bonds is 5. The van der Waals surface area contributed by atoms with Crippen LogP contribution in [0.3, 0.4) is 0 Å². The molecule has 0 atom stereocenters. The predicted molar refractivity (Wildman–Crippen MR) is 53.3 cm³/mol. The first-order chi connectivity index (χ1) is 6.86. The Morgan fingerprint density at radius 2 is 1.71 bits per heavy atom. The monoisotopic (exact) mass is 196 g/mol. The van der Waals surface area contributed by atoms with Crippen LogP contribution in [0.25, 0.3) is 0 Å². The van der Waals surface area contributed by atoms with Gasteiger partial charge in [-0.3, -0.25) is 4.90 Å². The summed E-state index contributed by atoms with van der Waals surface area (Å²) in [4.78, 5) is 4.55. The van der Waals surface area contributed by atoms with Crippen molar-refractivity contribution in [3.63, 3.8) is 0 Å². The molecular weight excluding hydrogens is 178 g/mol. The molecule has 0 unspecified atom stereocenters. The molecule has 0 N–H and O–H groups in total. The molecule has 1 radical (unpaired) electrons. The van der Waals surface area contributed by atoms with Gasteiger partial charge in [0, 0.05) is 26.2 Å². The maximum Gasteiger partial charge on any atom is 0.0866 e. The van der Waals surface area contributed by atoms with Crippen LogP contribution in [-0.2, 0) is 5.11 Å². The van der Waals surface area contributed by atoms with Crippen LogP contribution in [0.15, 0.2) is 0 Å². The lowest BCUT2D eigenvalue weighted by atomic mass is 10.2. The van der Waals surface area contributed by atoms with E-state index in [0.29, 0.717) is 6.54 Å². The fourth-order valence-corrected chi connectivity index (χ4v) is 1.71. The smallest absolute Gasteiger partial charge is 0.0866 e. The van der Waals surface area contributed by atoms with E-state index in [9.17, 15) is 5.11 Å². The van der Waals surface area contributed by atoms with Gasteiger partial charge in [0.05, 0.1) is 19.2 Å². The highest BCUT2D eigenvalue weighted by molar-refractivity contribution is 4.80. The summed E-state index contributed by atoms with van der Waals surface area (Å²) in [6.07, 6.45) is 1.81. The zero-order valence-corrected chi connectivity index (χ0v) is 8.61. The SMILES string of the molecule is N#CCN1CCN(CCCC[O])CC1. The largest absolute Gasteiger partial charge is 0.301 e. The second-order valence-electron chi connectivity index (χ2n) is 3.69. The van der Waals surface area contributed by atoms with Gasteiger partial charge in [0.1, 0.15) is 0 Å². The van der Waals surface area contributed by atoms with Gasteiger partial charge >= 0.3 is 0 Å². The van der Waals surface area contributed by atoms with Crippen molar-refractivity contribution < 1.29 is 5.11 Å². The van der Waals surface area contributed by atoms with Crippen molar-refractivity contribution in [2.45, 2.75) is 12.8 Å². The number of hydrogen-bond acceptors (Lipinski definition) is 3. The Kier molecular flexibility index (Phi) is 5.53. The number of nitrogens with zero attached hydrogens (tertiary/aromatic N) is 3. The third kappa shape index (κ3) is 4.05. The van der Waals surface area contributed by atoms with Gasteiger partial charge in [-0.1, -0.05) is 0 Å². The van der Waals surface area contributed by atoms with E-state index in [2.05, 4.69) is 15.9 Å². The van der Waals surface area contributed by atoms with Crippen molar-refractivity contribution in [3.8, 4) is 6.07 Å². The Morgan fingerprint density at radius 3 is 2.29 bits per heavy atom. The van der Waals surface area contributed by atoms with E-state index in [1.54, 1.807) is 0 Å². The Bertz CT molecular complexity index is 182. The van der Waals surface area contributed by atoms with Crippen LogP contribution >= 0.6 is 0 Å². The van der Waals surface area contributed by atoms with E-state index in [0.717, 1.165) is 45.6 Å². The molecule has 79 valence electrons. The number of unbranched alkanes of at least 4 members (excludes halogenated alkanes) is 1. The average Bonchev–Trinajstić information content (AvgIpc) is 2.21. The molecule has 0 aliphatic carbocycles. The summed E-state index contributed by atoms with van der Waals surface area (Å²) in [6, 6.07) is 2.17. The zero-order chi connectivity index (χ0) is 10.2. The predicted octanol–water partition coefficient (Wildman–Crippen LogP) is 0.338. The van der Waals surface area contributed by atoms with Crippen molar-refractivity contribution in [2.75, 3.05) is 45.9 Å². The van der Waals surface area contributed by atoms with Gasteiger partial charge in [-0.2, -0.15) is 5.26 Å². The molecular formula is C10H18N3O. The van der Waals surface area contributed by atoms with Gasteiger partial charge in [-0.05, 0) is 19.4 Å². The summed E-state index contributed by atoms with van der Waals surface area (Å²) in [5.74, 6) is 0. The minimum Gasteiger partial charge on any atom is -0.301 e. The third-order valence-corrected chi connectivity index (χ3v) is 2.63. The number of hydrogen-bond donors (Lipinski definition) is 0. The molecule has 14 heavy (non-hydrogen) atoms. The van der Waals surface area contributed by atoms with Gasteiger partial charge in [0.25, 0.3) is 0 Å². The maximum absolute atomic E-state index is 10.2. The van der Waals surface area contributed by atoms with E-state index in [-0.39, 0.29) is 6.61 Å². The molecule has 4 heteroatoms. The molecule has 0 amide bonds. The lowest BCUT2D eigenvalue weighted by Gasteiger charge is -2.33. The molecule has 0 spiro atoms. The summed E-state index contributed by atoms with van der Waals surface area (Å²) in [5, 5.41) is 18.8. The molecule has 1 heterocycles. The van der Waals surface area contributed by atoms with Crippen molar-refractivity contribution in [1.29, 1.82) is 5.26 Å². The summed E-state index contributed by atoms with van der Waals surface area (Å²) in [6.45, 7) is 5.71. The van der Waals surface area contributed by atoms with Crippen molar-refractivity contribution in [3.05, 3.63) is 0 Å². The van der Waals surface area contributed by atoms with Gasteiger partial charge in [0.15, 0.2) is 0 Å². The van der Waals surface area contributed by atoms with E-state index < -0.39 is 0 Å². The minimum atomic E-state index is 0.0500. The molecule has 1 aliphatic rings. The summed E-state index contributed by atoms with van der Waals surface area (Å²) >= 11 is 0. The first-order valence-electron chi connectivity index (χ1n) is 5.26. The molecule has 0 aromatic carbocycles. The highest BCUT2D eigenvalue weighted by atomic mass is 16.2. The molecule has 0 aromatic rings. The molecule has 4 nitrogen and oxygen atoms in total. The van der Waals surface area contributed by atoms with Crippen molar-refractivity contribution in [1.82, 2.24) is 9.80 Å². The third-order valence-electron chi connectivity index (χ3n) is 2.63. The quantitative estimate of drug-likeness (QED) is 0.470. The van der Waals surface area contributed by atoms with Gasteiger partial charge < -0.3 is 4.90 Å². The molecule has 0 saturated carbocycles. The van der Waals surface area contributed by atoms with Crippen molar-refractivity contribution >= 4 is 0 Å². The second-order valence-corrected chi connectivity index (χ2v) is 3.69. The fraction of sp³-hybridized carbons (Fsp3) is 0.900. The molecule has 1 saturated heterocycles. The van der Waals surface area contributed by atoms with E-state index in [4.69, 9.17) is 5.26 Å². The van der Waals surface area contributed by atoms with Crippen LogP contribution in [-0.4, -0.2) is 55.7 Å². The topological polar surface area (TPSA) is 50.2 Å². The number of nitriles is 1. The standard InChI is InChI=1S/C10H18N3O/c11-3-5-13-8-6-12(7-9-13)4-1-2-10-14/h1-2,4-10H2. The first kappa shape index (κ1) is 11.4. The van der Waals surface area contributed by atoms with Crippen molar-refractivity contribution in [2.24, 2.45) is 0 Å². The molecule has 1 fully saturated rings. The van der Waals surface area contributed by atoms with Gasteiger partial charge in [0.2, 0.25) is 0 Å². The Morgan fingerprint density at radius 1 is 1.07 bits per heavy atom. The molecule has 1 rings (SSSR count). The van der Waals surface area contributed by atoms with E-state index >= 15 is 0 Å². The minimum absolute atomic E-state index is 0.0500. The van der Waals surface area contributed by atoms with E-state index in [1.165, 1.54) is 0 Å². The second kappa shape index (κ2) is 6.77.